The van der Waals surface area contributed by atoms with Crippen molar-refractivity contribution in [2.24, 2.45) is 5.73 Å². The molecule has 2 atom stereocenters. The zero-order valence-electron chi connectivity index (χ0n) is 5.48. The van der Waals surface area contributed by atoms with Crippen LogP contribution in [0.5, 0.6) is 0 Å². The summed E-state index contributed by atoms with van der Waals surface area (Å²) in [6, 6.07) is 0. The lowest BCUT2D eigenvalue weighted by Gasteiger charge is -2.12. The topological polar surface area (TPSA) is 35.2 Å². The van der Waals surface area contributed by atoms with Crippen molar-refractivity contribution in [3.8, 4) is 0 Å². The maximum atomic E-state index is 5.74. The molecule has 0 saturated carbocycles. The monoisotopic (exact) mass is 115 g/mol. The van der Waals surface area contributed by atoms with Crippen molar-refractivity contribution >= 4 is 0 Å². The maximum absolute atomic E-state index is 5.74. The Morgan fingerprint density at radius 1 is 1.75 bits per heavy atom. The van der Waals surface area contributed by atoms with E-state index in [2.05, 4.69) is 6.92 Å². The smallest absolute Gasteiger partial charge is 0.0648 e. The van der Waals surface area contributed by atoms with Gasteiger partial charge in [0.25, 0.3) is 0 Å². The molecule has 1 heterocycles. The molecule has 1 rings (SSSR count). The first-order valence-electron chi connectivity index (χ1n) is 3.01. The molecule has 0 bridgehead atoms. The fraction of sp³-hybridized carbons (Fsp3) is 1.00. The predicted molar refractivity (Wildman–Crippen MR) is 32.6 cm³/mol. The highest BCUT2D eigenvalue weighted by atomic mass is 16.5. The first-order chi connectivity index (χ1) is 3.60. The van der Waals surface area contributed by atoms with Crippen LogP contribution < -0.4 is 5.73 Å². The molecule has 0 spiro atoms. The van der Waals surface area contributed by atoms with Crippen LogP contribution in [0.15, 0.2) is 0 Å². The van der Waals surface area contributed by atoms with E-state index in [1.807, 2.05) is 6.92 Å². The normalized spacial score (nSPS) is 47.6. The number of nitrogens with two attached hydrogens (primary N) is 1. The van der Waals surface area contributed by atoms with E-state index < -0.39 is 0 Å². The largest absolute Gasteiger partial charge is 0.377 e. The molecule has 1 saturated heterocycles. The predicted octanol–water partition coefficient (Wildman–Crippen LogP) is 0.513. The number of ether oxygens (including phenoxy) is 1. The lowest BCUT2D eigenvalue weighted by Crippen LogP contribution is -2.36. The Balaban J connectivity index is 2.44. The van der Waals surface area contributed by atoms with E-state index in [-0.39, 0.29) is 5.54 Å². The van der Waals surface area contributed by atoms with Gasteiger partial charge in [-0.25, -0.2) is 0 Å². The molecule has 1 fully saturated rings. The second-order valence-corrected chi connectivity index (χ2v) is 2.98. The molecule has 48 valence electrons. The molecule has 0 radical (unpaired) electrons. The summed E-state index contributed by atoms with van der Waals surface area (Å²) in [6.07, 6.45) is 1.36. The van der Waals surface area contributed by atoms with E-state index in [1.165, 1.54) is 0 Å². The SMILES string of the molecule is C[C@H]1C[C@@](C)(N)CO1. The third-order valence-corrected chi connectivity index (χ3v) is 1.45. The van der Waals surface area contributed by atoms with Crippen LogP contribution in [0, 0.1) is 0 Å². The fourth-order valence-electron chi connectivity index (χ4n) is 1.11. The van der Waals surface area contributed by atoms with Gasteiger partial charge in [-0.1, -0.05) is 0 Å². The molecule has 0 aromatic rings. The lowest BCUT2D eigenvalue weighted by atomic mass is 10.0. The van der Waals surface area contributed by atoms with Crippen LogP contribution in [-0.4, -0.2) is 18.2 Å². The summed E-state index contributed by atoms with van der Waals surface area (Å²) in [5, 5.41) is 0. The minimum Gasteiger partial charge on any atom is -0.377 e. The number of hydrogen-bond acceptors (Lipinski definition) is 2. The number of hydrogen-bond donors (Lipinski definition) is 1. The van der Waals surface area contributed by atoms with Crippen LogP contribution in [0.2, 0.25) is 0 Å². The van der Waals surface area contributed by atoms with Crippen molar-refractivity contribution in [3.05, 3.63) is 0 Å². The Morgan fingerprint density at radius 2 is 2.38 bits per heavy atom. The molecular formula is C6H13NO. The van der Waals surface area contributed by atoms with Gasteiger partial charge in [0.15, 0.2) is 0 Å². The number of rotatable bonds is 0. The van der Waals surface area contributed by atoms with E-state index in [9.17, 15) is 0 Å². The van der Waals surface area contributed by atoms with Crippen molar-refractivity contribution < 1.29 is 4.74 Å². The lowest BCUT2D eigenvalue weighted by molar-refractivity contribution is 0.118. The van der Waals surface area contributed by atoms with E-state index in [1.54, 1.807) is 0 Å². The minimum atomic E-state index is -0.0561. The Kier molecular flexibility index (Phi) is 1.29. The van der Waals surface area contributed by atoms with Crippen molar-refractivity contribution in [3.63, 3.8) is 0 Å². The summed E-state index contributed by atoms with van der Waals surface area (Å²) in [4.78, 5) is 0. The van der Waals surface area contributed by atoms with Crippen LogP contribution in [0.1, 0.15) is 20.3 Å². The summed E-state index contributed by atoms with van der Waals surface area (Å²) in [6.45, 7) is 4.79. The van der Waals surface area contributed by atoms with Gasteiger partial charge in [0, 0.05) is 5.54 Å². The van der Waals surface area contributed by atoms with Gasteiger partial charge < -0.3 is 10.5 Å². The summed E-state index contributed by atoms with van der Waals surface area (Å²) >= 11 is 0. The third-order valence-electron chi connectivity index (χ3n) is 1.45. The highest BCUT2D eigenvalue weighted by molar-refractivity contribution is 4.86. The molecule has 1 aliphatic heterocycles. The third kappa shape index (κ3) is 1.20. The molecule has 1 aliphatic rings. The van der Waals surface area contributed by atoms with Gasteiger partial charge in [0.1, 0.15) is 0 Å². The molecule has 2 N–H and O–H groups in total. The quantitative estimate of drug-likeness (QED) is 0.499. The van der Waals surface area contributed by atoms with E-state index in [0.717, 1.165) is 6.42 Å². The molecule has 0 unspecified atom stereocenters. The van der Waals surface area contributed by atoms with Crippen LogP contribution in [-0.2, 0) is 4.74 Å². The minimum absolute atomic E-state index is 0.0561. The Labute approximate surface area is 50.0 Å². The highest BCUT2D eigenvalue weighted by Gasteiger charge is 2.29. The van der Waals surface area contributed by atoms with Gasteiger partial charge in [0.05, 0.1) is 12.7 Å². The second-order valence-electron chi connectivity index (χ2n) is 2.98. The van der Waals surface area contributed by atoms with Gasteiger partial charge in [-0.05, 0) is 20.3 Å². The average molecular weight is 115 g/mol. The zero-order valence-corrected chi connectivity index (χ0v) is 5.48. The maximum Gasteiger partial charge on any atom is 0.0648 e. The molecule has 8 heavy (non-hydrogen) atoms. The van der Waals surface area contributed by atoms with Crippen molar-refractivity contribution in [1.82, 2.24) is 0 Å². The highest BCUT2D eigenvalue weighted by Crippen LogP contribution is 2.19. The molecule has 0 amide bonds. The van der Waals surface area contributed by atoms with Crippen LogP contribution in [0.4, 0.5) is 0 Å². The van der Waals surface area contributed by atoms with Gasteiger partial charge in [0.2, 0.25) is 0 Å². The van der Waals surface area contributed by atoms with Crippen LogP contribution in [0.3, 0.4) is 0 Å². The summed E-state index contributed by atoms with van der Waals surface area (Å²) in [5.41, 5.74) is 5.69. The van der Waals surface area contributed by atoms with Crippen molar-refractivity contribution in [1.29, 1.82) is 0 Å². The molecule has 0 aromatic heterocycles. The van der Waals surface area contributed by atoms with E-state index in [0.29, 0.717) is 12.7 Å². The first-order valence-corrected chi connectivity index (χ1v) is 3.01. The van der Waals surface area contributed by atoms with E-state index >= 15 is 0 Å². The Morgan fingerprint density at radius 3 is 2.50 bits per heavy atom. The molecule has 2 heteroatoms. The second kappa shape index (κ2) is 1.71. The molecule has 0 aromatic carbocycles. The van der Waals surface area contributed by atoms with Crippen LogP contribution >= 0.6 is 0 Å². The summed E-state index contributed by atoms with van der Waals surface area (Å²) in [5.74, 6) is 0. The average Bonchev–Trinajstić information content (AvgIpc) is 1.82. The van der Waals surface area contributed by atoms with Gasteiger partial charge in [-0.3, -0.25) is 0 Å². The summed E-state index contributed by atoms with van der Waals surface area (Å²) in [7, 11) is 0. The molecule has 2 nitrogen and oxygen atoms in total. The van der Waals surface area contributed by atoms with Crippen LogP contribution in [0.25, 0.3) is 0 Å². The van der Waals surface area contributed by atoms with Gasteiger partial charge in [-0.15, -0.1) is 0 Å². The summed E-state index contributed by atoms with van der Waals surface area (Å²) < 4.78 is 5.24. The van der Waals surface area contributed by atoms with Gasteiger partial charge >= 0.3 is 0 Å². The molecular weight excluding hydrogens is 102 g/mol. The first kappa shape index (κ1) is 6.05. The Hall–Kier alpha value is -0.0800. The standard InChI is InChI=1S/C6H13NO/c1-5-3-6(2,7)4-8-5/h5H,3-4,7H2,1-2H3/t5-,6+/m0/s1. The van der Waals surface area contributed by atoms with Gasteiger partial charge in [-0.2, -0.15) is 0 Å². The van der Waals surface area contributed by atoms with Crippen molar-refractivity contribution in [2.75, 3.05) is 6.61 Å². The Bertz CT molecular complexity index is 90.5. The molecule has 0 aliphatic carbocycles. The zero-order chi connectivity index (χ0) is 6.20. The fourth-order valence-corrected chi connectivity index (χ4v) is 1.11. The van der Waals surface area contributed by atoms with E-state index in [4.69, 9.17) is 10.5 Å². The van der Waals surface area contributed by atoms with Crippen molar-refractivity contribution in [2.45, 2.75) is 31.9 Å².